The van der Waals surface area contributed by atoms with Gasteiger partial charge in [0.05, 0.1) is 5.69 Å². The van der Waals surface area contributed by atoms with Crippen LogP contribution in [0.1, 0.15) is 29.5 Å². The number of rotatable bonds is 8. The van der Waals surface area contributed by atoms with Crippen LogP contribution in [0.25, 0.3) is 0 Å². The number of aromatic nitrogens is 1. The predicted molar refractivity (Wildman–Crippen MR) is 96.9 cm³/mol. The zero-order chi connectivity index (χ0) is 17.5. The third-order valence-electron chi connectivity index (χ3n) is 3.32. The Morgan fingerprint density at radius 1 is 1.25 bits per heavy atom. The summed E-state index contributed by atoms with van der Waals surface area (Å²) < 4.78 is 0. The Morgan fingerprint density at radius 3 is 2.75 bits per heavy atom. The molecule has 0 unspecified atom stereocenters. The molecule has 0 radical (unpaired) electrons. The smallest absolute Gasteiger partial charge is 0.328 e. The number of nitrogens with one attached hydrogen (secondary N) is 1. The fraction of sp³-hybridized carbons (Fsp3) is 0.400. The summed E-state index contributed by atoms with van der Waals surface area (Å²) in [7, 11) is 0. The summed E-state index contributed by atoms with van der Waals surface area (Å²) in [5, 5.41) is 8.48. The quantitative estimate of drug-likeness (QED) is 0.377. The van der Waals surface area contributed by atoms with Gasteiger partial charge < -0.3 is 11.1 Å². The summed E-state index contributed by atoms with van der Waals surface area (Å²) in [5.41, 5.74) is 7.33. The predicted octanol–water partition coefficient (Wildman–Crippen LogP) is 2.14. The van der Waals surface area contributed by atoms with E-state index in [1.165, 1.54) is 28.7 Å². The van der Waals surface area contributed by atoms with E-state index in [9.17, 15) is 9.59 Å². The maximum absolute atomic E-state index is 11.0. The minimum absolute atomic E-state index is 0.106. The molecular formula is C15H21N5O2S2. The highest BCUT2D eigenvalue weighted by molar-refractivity contribution is 7.13. The van der Waals surface area contributed by atoms with Crippen molar-refractivity contribution in [2.24, 2.45) is 11.6 Å². The minimum Gasteiger partial charge on any atom is -0.350 e. The average Bonchev–Trinajstić information content (AvgIpc) is 3.13. The largest absolute Gasteiger partial charge is 0.350 e. The Kier molecular flexibility index (Phi) is 6.71. The fourth-order valence-electron chi connectivity index (χ4n) is 2.12. The van der Waals surface area contributed by atoms with Gasteiger partial charge in [0, 0.05) is 23.7 Å². The van der Waals surface area contributed by atoms with Crippen molar-refractivity contribution in [1.29, 1.82) is 0 Å². The lowest BCUT2D eigenvalue weighted by molar-refractivity contribution is -0.114. The van der Waals surface area contributed by atoms with Crippen molar-refractivity contribution < 1.29 is 9.59 Å². The number of nitrogens with zero attached hydrogens (tertiary/aromatic N) is 2. The number of hydrazine groups is 1. The second kappa shape index (κ2) is 8.76. The first-order chi connectivity index (χ1) is 11.4. The Hall–Kier alpha value is -1.97. The summed E-state index contributed by atoms with van der Waals surface area (Å²) in [6.45, 7) is 1.93. The molecule has 9 heteroatoms. The standard InChI is InChI=1S/C15H21N5O2S2/c1-10(21)18-15-19-12(9-24-15)5-4-11-7-13(23-8-11)3-2-6-20(17)14(16)22/h7-9H,2-6,17H2,1H3,(H2,16,22)(H,18,19,21). The Bertz CT molecular complexity index is 698. The third kappa shape index (κ3) is 5.91. The molecule has 2 aromatic heterocycles. The van der Waals surface area contributed by atoms with Gasteiger partial charge in [-0.1, -0.05) is 0 Å². The molecule has 2 heterocycles. The van der Waals surface area contributed by atoms with Crippen LogP contribution in [0, 0.1) is 0 Å². The molecule has 0 aliphatic heterocycles. The maximum Gasteiger partial charge on any atom is 0.328 e. The van der Waals surface area contributed by atoms with E-state index in [4.69, 9.17) is 11.6 Å². The molecule has 2 rings (SSSR count). The van der Waals surface area contributed by atoms with E-state index >= 15 is 0 Å². The van der Waals surface area contributed by atoms with E-state index in [1.54, 1.807) is 11.3 Å². The van der Waals surface area contributed by atoms with Gasteiger partial charge in [-0.05, 0) is 42.7 Å². The maximum atomic E-state index is 11.0. The number of anilines is 1. The summed E-state index contributed by atoms with van der Waals surface area (Å²) in [4.78, 5) is 27.5. The number of nitrogens with two attached hydrogens (primary N) is 2. The van der Waals surface area contributed by atoms with Gasteiger partial charge in [-0.2, -0.15) is 0 Å². The van der Waals surface area contributed by atoms with Crippen LogP contribution in [0.5, 0.6) is 0 Å². The Morgan fingerprint density at radius 2 is 2.04 bits per heavy atom. The van der Waals surface area contributed by atoms with Gasteiger partial charge in [0.15, 0.2) is 5.13 Å². The van der Waals surface area contributed by atoms with Gasteiger partial charge in [0.2, 0.25) is 5.91 Å². The third-order valence-corrected chi connectivity index (χ3v) is 5.17. The second-order valence-corrected chi connectivity index (χ2v) is 7.24. The number of aryl methyl sites for hydroxylation is 3. The number of hydrogen-bond acceptors (Lipinski definition) is 6. The molecule has 3 amide bonds. The van der Waals surface area contributed by atoms with Gasteiger partial charge >= 0.3 is 6.03 Å². The van der Waals surface area contributed by atoms with Gasteiger partial charge in [-0.3, -0.25) is 9.80 Å². The average molecular weight is 368 g/mol. The van der Waals surface area contributed by atoms with Crippen LogP contribution in [-0.2, 0) is 24.1 Å². The van der Waals surface area contributed by atoms with Gasteiger partial charge in [0.25, 0.3) is 0 Å². The zero-order valence-corrected chi connectivity index (χ0v) is 15.1. The van der Waals surface area contributed by atoms with E-state index in [0.717, 1.165) is 36.4 Å². The normalized spacial score (nSPS) is 10.6. The molecule has 0 aliphatic carbocycles. The van der Waals surface area contributed by atoms with Crippen molar-refractivity contribution in [2.45, 2.75) is 32.6 Å². The molecule has 0 aliphatic rings. The Labute approximate surface area is 148 Å². The minimum atomic E-state index is -0.608. The first-order valence-electron chi connectivity index (χ1n) is 7.54. The van der Waals surface area contributed by atoms with Gasteiger partial charge in [-0.25, -0.2) is 15.6 Å². The summed E-state index contributed by atoms with van der Waals surface area (Å²) >= 11 is 3.15. The molecule has 0 atom stereocenters. The van der Waals surface area contributed by atoms with Crippen molar-refractivity contribution in [3.05, 3.63) is 33.0 Å². The van der Waals surface area contributed by atoms with Crippen molar-refractivity contribution in [1.82, 2.24) is 9.99 Å². The molecular weight excluding hydrogens is 346 g/mol. The summed E-state index contributed by atoms with van der Waals surface area (Å²) in [5.74, 6) is 5.35. The van der Waals surface area contributed by atoms with E-state index in [-0.39, 0.29) is 5.91 Å². The first kappa shape index (κ1) is 18.4. The fourth-order valence-corrected chi connectivity index (χ4v) is 3.89. The monoisotopic (exact) mass is 367 g/mol. The molecule has 0 saturated heterocycles. The van der Waals surface area contributed by atoms with Gasteiger partial charge in [-0.15, -0.1) is 22.7 Å². The highest BCUT2D eigenvalue weighted by Crippen LogP contribution is 2.20. The van der Waals surface area contributed by atoms with Gasteiger partial charge in [0.1, 0.15) is 0 Å². The molecule has 0 bridgehead atoms. The lowest BCUT2D eigenvalue weighted by Gasteiger charge is -2.12. The number of urea groups is 1. The van der Waals surface area contributed by atoms with Crippen molar-refractivity contribution in [2.75, 3.05) is 11.9 Å². The Balaban J connectivity index is 1.76. The lowest BCUT2D eigenvalue weighted by atomic mass is 10.1. The van der Waals surface area contributed by atoms with Crippen LogP contribution in [0.3, 0.4) is 0 Å². The molecule has 130 valence electrons. The summed E-state index contributed by atoms with van der Waals surface area (Å²) in [6.07, 6.45) is 3.40. The molecule has 0 fully saturated rings. The van der Waals surface area contributed by atoms with Crippen molar-refractivity contribution in [3.8, 4) is 0 Å². The molecule has 24 heavy (non-hydrogen) atoms. The summed E-state index contributed by atoms with van der Waals surface area (Å²) in [6, 6.07) is 1.57. The molecule has 0 aromatic carbocycles. The second-order valence-electron chi connectivity index (χ2n) is 5.38. The number of thiazole rings is 1. The molecule has 0 spiro atoms. The highest BCUT2D eigenvalue weighted by atomic mass is 32.1. The van der Waals surface area contributed by atoms with E-state index in [2.05, 4.69) is 21.7 Å². The SMILES string of the molecule is CC(=O)Nc1nc(CCc2csc(CCCN(N)C(N)=O)c2)cs1. The molecule has 5 N–H and O–H groups in total. The number of primary amides is 1. The first-order valence-corrected chi connectivity index (χ1v) is 9.30. The zero-order valence-electron chi connectivity index (χ0n) is 13.4. The number of carbonyl (C=O) groups excluding carboxylic acids is 2. The number of thiophene rings is 1. The number of carbonyl (C=O) groups is 2. The number of amides is 3. The van der Waals surface area contributed by atoms with E-state index in [1.807, 2.05) is 5.38 Å². The van der Waals surface area contributed by atoms with E-state index < -0.39 is 6.03 Å². The lowest BCUT2D eigenvalue weighted by Crippen LogP contribution is -2.42. The molecule has 7 nitrogen and oxygen atoms in total. The topological polar surface area (TPSA) is 114 Å². The van der Waals surface area contributed by atoms with E-state index in [0.29, 0.717) is 11.7 Å². The van der Waals surface area contributed by atoms with Crippen molar-refractivity contribution in [3.63, 3.8) is 0 Å². The van der Waals surface area contributed by atoms with Crippen LogP contribution in [0.2, 0.25) is 0 Å². The van der Waals surface area contributed by atoms with Crippen LogP contribution in [0.4, 0.5) is 9.93 Å². The highest BCUT2D eigenvalue weighted by Gasteiger charge is 2.07. The van der Waals surface area contributed by atoms with Crippen LogP contribution in [-0.4, -0.2) is 28.5 Å². The molecule has 2 aromatic rings. The number of hydrogen-bond donors (Lipinski definition) is 3. The van der Waals surface area contributed by atoms with Crippen LogP contribution in [0.15, 0.2) is 16.8 Å². The van der Waals surface area contributed by atoms with Crippen LogP contribution >= 0.6 is 22.7 Å². The molecule has 0 saturated carbocycles. The van der Waals surface area contributed by atoms with Crippen molar-refractivity contribution >= 4 is 39.7 Å². The van der Waals surface area contributed by atoms with Crippen LogP contribution < -0.4 is 16.9 Å².